The first-order valence-electron chi connectivity index (χ1n) is 11.0. The van der Waals surface area contributed by atoms with Crippen LogP contribution in [-0.4, -0.2) is 29.4 Å². The van der Waals surface area contributed by atoms with Gasteiger partial charge in [-0.1, -0.05) is 18.6 Å². The molecule has 1 saturated heterocycles. The number of nitrogens with one attached hydrogen (secondary N) is 2. The van der Waals surface area contributed by atoms with Crippen molar-refractivity contribution in [3.63, 3.8) is 0 Å². The highest BCUT2D eigenvalue weighted by Gasteiger charge is 2.34. The number of rotatable bonds is 5. The average molecular weight is 448 g/mol. The van der Waals surface area contributed by atoms with Gasteiger partial charge in [0.05, 0.1) is 5.56 Å². The highest BCUT2D eigenvalue weighted by atomic mass is 19.4. The minimum absolute atomic E-state index is 0.135. The third-order valence-corrected chi connectivity index (χ3v) is 5.53. The first-order valence-corrected chi connectivity index (χ1v) is 11.0. The van der Waals surface area contributed by atoms with Crippen LogP contribution in [0.15, 0.2) is 36.4 Å². The van der Waals surface area contributed by atoms with Crippen molar-refractivity contribution in [1.29, 1.82) is 0 Å². The normalized spacial score (nSPS) is 15.5. The molecule has 0 bridgehead atoms. The van der Waals surface area contributed by atoms with E-state index in [4.69, 9.17) is 0 Å². The molecule has 3 rings (SSSR count). The van der Waals surface area contributed by atoms with Crippen molar-refractivity contribution < 1.29 is 18.0 Å². The van der Waals surface area contributed by atoms with Gasteiger partial charge in [0.2, 0.25) is 0 Å². The molecule has 0 spiro atoms. The third-order valence-electron chi connectivity index (χ3n) is 5.53. The summed E-state index contributed by atoms with van der Waals surface area (Å²) < 4.78 is 41.3. The number of likely N-dealkylation sites (tertiary alicyclic amines) is 1. The summed E-state index contributed by atoms with van der Waals surface area (Å²) in [6.07, 6.45) is -1.34. The standard InChI is InChI=1S/C25H32F3N3O/c1-17-8-9-18(14-22(17)30-24(2,3)4)23(32)29-20-11-10-19(21(15-20)25(26,27)28)16-31-12-6-5-7-13-31/h8-11,14-15,30H,5-7,12-13,16H2,1-4H3,(H,29,32). The summed E-state index contributed by atoms with van der Waals surface area (Å²) in [6.45, 7) is 9.88. The van der Waals surface area contributed by atoms with Crippen molar-refractivity contribution in [3.05, 3.63) is 58.7 Å². The maximum Gasteiger partial charge on any atom is 0.416 e. The van der Waals surface area contributed by atoms with Gasteiger partial charge >= 0.3 is 6.18 Å². The first kappa shape index (κ1) is 24.1. The number of anilines is 2. The zero-order valence-corrected chi connectivity index (χ0v) is 19.2. The van der Waals surface area contributed by atoms with Crippen LogP contribution in [0.2, 0.25) is 0 Å². The molecule has 2 N–H and O–H groups in total. The molecule has 32 heavy (non-hydrogen) atoms. The van der Waals surface area contributed by atoms with Gasteiger partial charge in [-0.15, -0.1) is 0 Å². The number of benzene rings is 2. The molecule has 0 aliphatic carbocycles. The molecule has 2 aromatic carbocycles. The largest absolute Gasteiger partial charge is 0.416 e. The predicted molar refractivity (Wildman–Crippen MR) is 123 cm³/mol. The zero-order chi connectivity index (χ0) is 23.5. The molecule has 1 amide bonds. The molecule has 7 heteroatoms. The number of alkyl halides is 3. The summed E-state index contributed by atoms with van der Waals surface area (Å²) in [5, 5.41) is 5.98. The molecular formula is C25H32F3N3O. The maximum atomic E-state index is 13.8. The van der Waals surface area contributed by atoms with Crippen molar-refractivity contribution in [3.8, 4) is 0 Å². The number of halogens is 3. The first-order chi connectivity index (χ1) is 14.9. The van der Waals surface area contributed by atoms with Crippen LogP contribution in [0.25, 0.3) is 0 Å². The fourth-order valence-electron chi connectivity index (χ4n) is 3.92. The second kappa shape index (κ2) is 9.53. The van der Waals surface area contributed by atoms with Crippen molar-refractivity contribution >= 4 is 17.3 Å². The third kappa shape index (κ3) is 6.48. The van der Waals surface area contributed by atoms with E-state index in [1.807, 2.05) is 33.8 Å². The molecule has 4 nitrogen and oxygen atoms in total. The summed E-state index contributed by atoms with van der Waals surface area (Å²) >= 11 is 0. The molecule has 1 aliphatic rings. The highest BCUT2D eigenvalue weighted by molar-refractivity contribution is 6.05. The second-order valence-electron chi connectivity index (χ2n) is 9.57. The summed E-state index contributed by atoms with van der Waals surface area (Å²) in [6, 6.07) is 9.30. The van der Waals surface area contributed by atoms with Gasteiger partial charge < -0.3 is 10.6 Å². The number of carbonyl (C=O) groups excluding carboxylic acids is 1. The lowest BCUT2D eigenvalue weighted by Crippen LogP contribution is -2.30. The van der Waals surface area contributed by atoms with E-state index in [2.05, 4.69) is 15.5 Å². The average Bonchev–Trinajstić information content (AvgIpc) is 2.69. The van der Waals surface area contributed by atoms with Crippen molar-refractivity contribution in [2.45, 2.75) is 65.2 Å². The predicted octanol–water partition coefficient (Wildman–Crippen LogP) is 6.46. The van der Waals surface area contributed by atoms with Gasteiger partial charge in [-0.3, -0.25) is 9.69 Å². The Bertz CT molecular complexity index is 958. The summed E-state index contributed by atoms with van der Waals surface area (Å²) in [7, 11) is 0. The second-order valence-corrected chi connectivity index (χ2v) is 9.57. The van der Waals surface area contributed by atoms with E-state index >= 15 is 0 Å². The molecular weight excluding hydrogens is 415 g/mol. The van der Waals surface area contributed by atoms with E-state index < -0.39 is 17.6 Å². The van der Waals surface area contributed by atoms with E-state index in [0.717, 1.165) is 49.7 Å². The van der Waals surface area contributed by atoms with Crippen LogP contribution in [0.4, 0.5) is 24.5 Å². The van der Waals surface area contributed by atoms with Crippen molar-refractivity contribution in [2.75, 3.05) is 23.7 Å². The Morgan fingerprint density at radius 3 is 2.31 bits per heavy atom. The molecule has 1 fully saturated rings. The SMILES string of the molecule is Cc1ccc(C(=O)Nc2ccc(CN3CCCCC3)c(C(F)(F)F)c2)cc1NC(C)(C)C. The van der Waals surface area contributed by atoms with E-state index in [9.17, 15) is 18.0 Å². The number of piperidine rings is 1. The fraction of sp³-hybridized carbons (Fsp3) is 0.480. The van der Waals surface area contributed by atoms with Gasteiger partial charge in [0.15, 0.2) is 0 Å². The molecule has 0 radical (unpaired) electrons. The van der Waals surface area contributed by atoms with Crippen LogP contribution in [0.5, 0.6) is 0 Å². The summed E-state index contributed by atoms with van der Waals surface area (Å²) in [5.74, 6) is -0.445. The molecule has 2 aromatic rings. The molecule has 174 valence electrons. The molecule has 1 heterocycles. The number of hydrogen-bond acceptors (Lipinski definition) is 3. The Kier molecular flexibility index (Phi) is 7.18. The number of nitrogens with zero attached hydrogens (tertiary/aromatic N) is 1. The Morgan fingerprint density at radius 2 is 1.69 bits per heavy atom. The number of amides is 1. The molecule has 0 saturated carbocycles. The lowest BCUT2D eigenvalue weighted by atomic mass is 10.0. The van der Waals surface area contributed by atoms with Crippen molar-refractivity contribution in [1.82, 2.24) is 4.90 Å². The van der Waals surface area contributed by atoms with Gasteiger partial charge in [-0.25, -0.2) is 0 Å². The van der Waals surface area contributed by atoms with Crippen LogP contribution < -0.4 is 10.6 Å². The molecule has 0 aromatic heterocycles. The van der Waals surface area contributed by atoms with E-state index in [0.29, 0.717) is 5.56 Å². The van der Waals surface area contributed by atoms with Gasteiger partial charge in [-0.05, 0) is 89.0 Å². The van der Waals surface area contributed by atoms with Crippen molar-refractivity contribution in [2.24, 2.45) is 0 Å². The molecule has 0 unspecified atom stereocenters. The van der Waals surface area contributed by atoms with E-state index in [-0.39, 0.29) is 23.3 Å². The van der Waals surface area contributed by atoms with E-state index in [1.54, 1.807) is 18.2 Å². The van der Waals surface area contributed by atoms with Crippen LogP contribution in [0, 0.1) is 6.92 Å². The molecule has 0 atom stereocenters. The zero-order valence-electron chi connectivity index (χ0n) is 19.2. The van der Waals surface area contributed by atoms with Crippen LogP contribution >= 0.6 is 0 Å². The van der Waals surface area contributed by atoms with Crippen LogP contribution in [0.3, 0.4) is 0 Å². The fourth-order valence-corrected chi connectivity index (χ4v) is 3.92. The Hall–Kier alpha value is -2.54. The van der Waals surface area contributed by atoms with Crippen LogP contribution in [0.1, 0.15) is 67.1 Å². The Balaban J connectivity index is 1.81. The number of hydrogen-bond donors (Lipinski definition) is 2. The monoisotopic (exact) mass is 447 g/mol. The van der Waals surface area contributed by atoms with Crippen LogP contribution in [-0.2, 0) is 12.7 Å². The lowest BCUT2D eigenvalue weighted by Gasteiger charge is -2.27. The topological polar surface area (TPSA) is 44.4 Å². The van der Waals surface area contributed by atoms with Gasteiger partial charge in [-0.2, -0.15) is 13.2 Å². The Labute approximate surface area is 188 Å². The number of aryl methyl sites for hydroxylation is 1. The minimum atomic E-state index is -4.49. The maximum absolute atomic E-state index is 13.8. The van der Waals surface area contributed by atoms with Gasteiger partial charge in [0.1, 0.15) is 0 Å². The van der Waals surface area contributed by atoms with E-state index in [1.165, 1.54) is 6.07 Å². The summed E-state index contributed by atoms with van der Waals surface area (Å²) in [5.41, 5.74) is 1.68. The molecule has 1 aliphatic heterocycles. The highest BCUT2D eigenvalue weighted by Crippen LogP contribution is 2.35. The summed E-state index contributed by atoms with van der Waals surface area (Å²) in [4.78, 5) is 14.8. The lowest BCUT2D eigenvalue weighted by molar-refractivity contribution is -0.138. The quantitative estimate of drug-likeness (QED) is 0.553. The van der Waals surface area contributed by atoms with Gasteiger partial charge in [0, 0.05) is 29.0 Å². The van der Waals surface area contributed by atoms with Gasteiger partial charge in [0.25, 0.3) is 5.91 Å². The number of carbonyl (C=O) groups is 1. The minimum Gasteiger partial charge on any atom is -0.380 e. The Morgan fingerprint density at radius 1 is 1.00 bits per heavy atom. The smallest absolute Gasteiger partial charge is 0.380 e.